The number of ether oxygens (including phenoxy) is 1. The molecule has 0 atom stereocenters. The van der Waals surface area contributed by atoms with Gasteiger partial charge in [-0.2, -0.15) is 0 Å². The number of benzene rings is 3. The zero-order valence-electron chi connectivity index (χ0n) is 16.3. The van der Waals surface area contributed by atoms with E-state index in [1.54, 1.807) is 13.0 Å². The van der Waals surface area contributed by atoms with Crippen molar-refractivity contribution in [1.82, 2.24) is 0 Å². The zero-order chi connectivity index (χ0) is 20.3. The van der Waals surface area contributed by atoms with Gasteiger partial charge in [0.1, 0.15) is 0 Å². The number of hydrogen-bond acceptors (Lipinski definition) is 3. The molecule has 3 aromatic rings. The third kappa shape index (κ3) is 6.86. The molecule has 0 aliphatic heterocycles. The van der Waals surface area contributed by atoms with Crippen LogP contribution in [0.2, 0.25) is 0 Å². The van der Waals surface area contributed by atoms with E-state index in [2.05, 4.69) is 48.5 Å². The predicted molar refractivity (Wildman–Crippen MR) is 121 cm³/mol. The van der Waals surface area contributed by atoms with Crippen molar-refractivity contribution in [2.24, 2.45) is 4.99 Å². The fraction of sp³-hybridized carbons (Fsp3) is 0.120. The van der Waals surface area contributed by atoms with Crippen LogP contribution in [-0.2, 0) is 16.0 Å². The van der Waals surface area contributed by atoms with Crippen LogP contribution in [0.3, 0.4) is 0 Å². The quantitative estimate of drug-likeness (QED) is 0.219. The Hall–Kier alpha value is -2.94. The third-order valence-corrected chi connectivity index (χ3v) is 6.10. The molecule has 3 nitrogen and oxygen atoms in total. The second-order valence-corrected chi connectivity index (χ2v) is 8.63. The fourth-order valence-corrected chi connectivity index (χ4v) is 4.70. The average molecular weight is 448 g/mol. The van der Waals surface area contributed by atoms with Gasteiger partial charge in [0.15, 0.2) is 0 Å². The van der Waals surface area contributed by atoms with E-state index in [4.69, 9.17) is 9.73 Å². The van der Waals surface area contributed by atoms with Crippen molar-refractivity contribution in [3.8, 4) is 0 Å². The molecule has 0 unspecified atom stereocenters. The number of aliphatic imine (C=N–C) groups is 1. The van der Waals surface area contributed by atoms with Crippen molar-refractivity contribution in [1.29, 1.82) is 0 Å². The Balaban J connectivity index is 1.91. The first-order valence-electron chi connectivity index (χ1n) is 9.53. The van der Waals surface area contributed by atoms with Crippen LogP contribution in [0.4, 0.5) is 5.69 Å². The molecular weight excluding hydrogens is 425 g/mol. The molecule has 0 fully saturated rings. The molecule has 4 heteroatoms. The molecule has 0 amide bonds. The van der Waals surface area contributed by atoms with E-state index in [1.807, 2.05) is 36.4 Å². The van der Waals surface area contributed by atoms with Gasteiger partial charge in [0, 0.05) is 0 Å². The van der Waals surface area contributed by atoms with E-state index < -0.39 is 0 Å². The molecule has 0 radical (unpaired) electrons. The van der Waals surface area contributed by atoms with Crippen LogP contribution in [0.5, 0.6) is 0 Å². The van der Waals surface area contributed by atoms with Crippen LogP contribution < -0.4 is 4.46 Å². The minimum atomic E-state index is -0.343. The molecule has 0 N–H and O–H groups in total. The van der Waals surface area contributed by atoms with Crippen molar-refractivity contribution in [2.75, 3.05) is 6.61 Å². The molecule has 3 rings (SSSR count). The number of esters is 1. The minimum absolute atomic E-state index is 0.106. The first kappa shape index (κ1) is 20.8. The molecule has 0 saturated heterocycles. The Morgan fingerprint density at radius 3 is 2.31 bits per heavy atom. The molecule has 0 saturated carbocycles. The molecule has 0 spiro atoms. The number of para-hydroxylation sites is 1. The van der Waals surface area contributed by atoms with Gasteiger partial charge in [0.2, 0.25) is 0 Å². The van der Waals surface area contributed by atoms with Gasteiger partial charge in [-0.25, -0.2) is 0 Å². The fourth-order valence-electron chi connectivity index (χ4n) is 2.71. The van der Waals surface area contributed by atoms with Gasteiger partial charge in [-0.3, -0.25) is 0 Å². The summed E-state index contributed by atoms with van der Waals surface area (Å²) in [6, 6.07) is 28.7. The van der Waals surface area contributed by atoms with Gasteiger partial charge in [0.05, 0.1) is 0 Å². The van der Waals surface area contributed by atoms with Gasteiger partial charge < -0.3 is 0 Å². The molecule has 0 bridgehead atoms. The molecule has 29 heavy (non-hydrogen) atoms. The first-order valence-corrected chi connectivity index (χ1v) is 11.2. The summed E-state index contributed by atoms with van der Waals surface area (Å²) in [5.41, 5.74) is 3.00. The molecule has 0 aromatic heterocycles. The van der Waals surface area contributed by atoms with Crippen LogP contribution >= 0.6 is 0 Å². The number of hydrogen-bond donors (Lipinski definition) is 0. The summed E-state index contributed by atoms with van der Waals surface area (Å²) in [6.45, 7) is 2.16. The topological polar surface area (TPSA) is 38.7 Å². The second kappa shape index (κ2) is 11.2. The van der Waals surface area contributed by atoms with Crippen molar-refractivity contribution < 1.29 is 9.53 Å². The number of rotatable bonds is 8. The summed E-state index contributed by atoms with van der Waals surface area (Å²) >= 11 is 0.106. The summed E-state index contributed by atoms with van der Waals surface area (Å²) < 4.78 is 7.40. The van der Waals surface area contributed by atoms with E-state index >= 15 is 0 Å². The molecule has 0 aliphatic carbocycles. The van der Waals surface area contributed by atoms with Gasteiger partial charge in [0.25, 0.3) is 0 Å². The molecule has 3 aromatic carbocycles. The van der Waals surface area contributed by atoms with Crippen LogP contribution in [-0.4, -0.2) is 32.1 Å². The average Bonchev–Trinajstić information content (AvgIpc) is 2.75. The van der Waals surface area contributed by atoms with Gasteiger partial charge in [-0.05, 0) is 0 Å². The Kier molecular flexibility index (Phi) is 8.00. The third-order valence-electron chi connectivity index (χ3n) is 4.04. The Morgan fingerprint density at radius 1 is 0.931 bits per heavy atom. The number of nitrogens with zero attached hydrogens (tertiary/aromatic N) is 1. The Labute approximate surface area is 178 Å². The zero-order valence-corrected chi connectivity index (χ0v) is 18.0. The van der Waals surface area contributed by atoms with E-state index in [9.17, 15) is 4.79 Å². The van der Waals surface area contributed by atoms with Crippen molar-refractivity contribution >= 4 is 41.8 Å². The van der Waals surface area contributed by atoms with E-state index in [0.29, 0.717) is 6.61 Å². The predicted octanol–water partition coefficient (Wildman–Crippen LogP) is 4.57. The summed E-state index contributed by atoms with van der Waals surface area (Å²) in [4.78, 5) is 16.7. The molecule has 0 aliphatic rings. The van der Waals surface area contributed by atoms with Crippen LogP contribution in [0.1, 0.15) is 18.1 Å². The molecule has 146 valence electrons. The second-order valence-electron chi connectivity index (χ2n) is 6.23. The van der Waals surface area contributed by atoms with Gasteiger partial charge in [-0.1, -0.05) is 0 Å². The standard InChI is InChI=1S/C25H23NO2Se/c1-2-28-25(27)18-17-21-13-9-10-16-23(21)26-24(19-20-11-5-3-6-12-20)29-22-14-7-4-8-15-22/h3-18H,2,19H2,1H3/b18-17-,26-24?. The summed E-state index contributed by atoms with van der Waals surface area (Å²) in [7, 11) is 0. The van der Waals surface area contributed by atoms with E-state index in [0.717, 1.165) is 22.3 Å². The Bertz CT molecular complexity index is 938. The molecule has 0 heterocycles. The summed E-state index contributed by atoms with van der Waals surface area (Å²) in [5.74, 6) is -0.343. The summed E-state index contributed by atoms with van der Waals surface area (Å²) in [5, 5.41) is 0. The van der Waals surface area contributed by atoms with Crippen molar-refractivity contribution in [3.63, 3.8) is 0 Å². The first-order chi connectivity index (χ1) is 14.2. The maximum absolute atomic E-state index is 11.7. The normalized spacial score (nSPS) is 11.6. The SMILES string of the molecule is CCOC(=O)/C=C\c1ccccc1N=C(Cc1ccccc1)[Se]c1ccccc1. The van der Waals surface area contributed by atoms with Crippen LogP contribution in [0.15, 0.2) is 96.0 Å². The van der Waals surface area contributed by atoms with E-state index in [-0.39, 0.29) is 20.9 Å². The van der Waals surface area contributed by atoms with Crippen molar-refractivity contribution in [3.05, 3.63) is 102 Å². The van der Waals surface area contributed by atoms with Gasteiger partial charge in [-0.15, -0.1) is 0 Å². The van der Waals surface area contributed by atoms with Crippen molar-refractivity contribution in [2.45, 2.75) is 13.3 Å². The van der Waals surface area contributed by atoms with Crippen LogP contribution in [0.25, 0.3) is 6.08 Å². The van der Waals surface area contributed by atoms with Gasteiger partial charge >= 0.3 is 178 Å². The van der Waals surface area contributed by atoms with E-state index in [1.165, 1.54) is 16.1 Å². The number of carbonyl (C=O) groups is 1. The van der Waals surface area contributed by atoms with Crippen LogP contribution in [0, 0.1) is 0 Å². The maximum atomic E-state index is 11.7. The summed E-state index contributed by atoms with van der Waals surface area (Å²) in [6.07, 6.45) is 4.02. The monoisotopic (exact) mass is 449 g/mol. The number of carbonyl (C=O) groups excluding carboxylic acids is 1. The Morgan fingerprint density at radius 2 is 1.59 bits per heavy atom. The molecular formula is C25H23NO2Se.